The van der Waals surface area contributed by atoms with Gasteiger partial charge in [0.15, 0.2) is 0 Å². The van der Waals surface area contributed by atoms with Gasteiger partial charge in [0.25, 0.3) is 0 Å². The molecule has 0 saturated carbocycles. The Bertz CT molecular complexity index is 310. The molecule has 0 amide bonds. The van der Waals surface area contributed by atoms with Crippen molar-refractivity contribution in [3.63, 3.8) is 0 Å². The van der Waals surface area contributed by atoms with Crippen molar-refractivity contribution in [3.05, 3.63) is 18.3 Å². The molecule has 3 nitrogen and oxygen atoms in total. The first kappa shape index (κ1) is 10.6. The number of hydrogen-bond donors (Lipinski definition) is 2. The maximum atomic E-state index is 5.80. The lowest BCUT2D eigenvalue weighted by atomic mass is 10.2. The number of nitrogens with two attached hydrogens (primary N) is 1. The van der Waals surface area contributed by atoms with Crippen molar-refractivity contribution < 1.29 is 0 Å². The highest BCUT2D eigenvalue weighted by Gasteiger charge is 2.13. The molecule has 1 aromatic rings. The molecule has 3 N–H and O–H groups in total. The van der Waals surface area contributed by atoms with E-state index in [4.69, 9.17) is 5.73 Å². The van der Waals surface area contributed by atoms with Gasteiger partial charge in [-0.05, 0) is 30.7 Å². The van der Waals surface area contributed by atoms with Crippen molar-refractivity contribution in [1.29, 1.82) is 0 Å². The molecule has 2 rings (SSSR count). The maximum Gasteiger partial charge on any atom is 0.149 e. The minimum absolute atomic E-state index is 0.722. The molecule has 1 aliphatic heterocycles. The third-order valence-corrected chi connectivity index (χ3v) is 4.01. The van der Waals surface area contributed by atoms with Gasteiger partial charge in [0, 0.05) is 18.0 Å². The molecule has 1 fully saturated rings. The number of pyridine rings is 1. The SMILES string of the molecule is Nc1cccnc1NCC1CCCCS1. The summed E-state index contributed by atoms with van der Waals surface area (Å²) in [5.74, 6) is 2.12. The number of rotatable bonds is 3. The normalized spacial score (nSPS) is 21.2. The molecule has 1 aliphatic rings. The van der Waals surface area contributed by atoms with Crippen LogP contribution in [-0.4, -0.2) is 22.5 Å². The van der Waals surface area contributed by atoms with E-state index in [9.17, 15) is 0 Å². The Balaban J connectivity index is 1.84. The fourth-order valence-electron chi connectivity index (χ4n) is 1.74. The molecule has 2 heterocycles. The van der Waals surface area contributed by atoms with Crippen LogP contribution < -0.4 is 11.1 Å². The van der Waals surface area contributed by atoms with Crippen LogP contribution in [0.3, 0.4) is 0 Å². The lowest BCUT2D eigenvalue weighted by Gasteiger charge is -2.21. The predicted octanol–water partition coefficient (Wildman–Crippen LogP) is 2.36. The van der Waals surface area contributed by atoms with Gasteiger partial charge in [0.1, 0.15) is 5.82 Å². The summed E-state index contributed by atoms with van der Waals surface area (Å²) in [6, 6.07) is 3.74. The van der Waals surface area contributed by atoms with E-state index in [2.05, 4.69) is 22.1 Å². The summed E-state index contributed by atoms with van der Waals surface area (Å²) in [6.07, 6.45) is 5.81. The Labute approximate surface area is 94.8 Å². The van der Waals surface area contributed by atoms with Crippen LogP contribution in [0.4, 0.5) is 11.5 Å². The van der Waals surface area contributed by atoms with Gasteiger partial charge in [0.05, 0.1) is 5.69 Å². The second-order valence-corrected chi connectivity index (χ2v) is 5.22. The summed E-state index contributed by atoms with van der Waals surface area (Å²) in [6.45, 7) is 0.978. The molecule has 1 unspecified atom stereocenters. The second kappa shape index (κ2) is 5.26. The Morgan fingerprint density at radius 1 is 1.53 bits per heavy atom. The molecule has 1 aromatic heterocycles. The minimum Gasteiger partial charge on any atom is -0.396 e. The highest BCUT2D eigenvalue weighted by molar-refractivity contribution is 7.99. The molecule has 82 valence electrons. The Hall–Kier alpha value is -0.900. The number of thioether (sulfide) groups is 1. The van der Waals surface area contributed by atoms with E-state index in [0.717, 1.165) is 23.3 Å². The van der Waals surface area contributed by atoms with E-state index in [1.807, 2.05) is 12.1 Å². The van der Waals surface area contributed by atoms with E-state index in [1.54, 1.807) is 6.20 Å². The number of hydrogen-bond acceptors (Lipinski definition) is 4. The van der Waals surface area contributed by atoms with Crippen LogP contribution in [0.15, 0.2) is 18.3 Å². The Morgan fingerprint density at radius 2 is 2.47 bits per heavy atom. The van der Waals surface area contributed by atoms with Crippen molar-refractivity contribution in [1.82, 2.24) is 4.98 Å². The fourth-order valence-corrected chi connectivity index (χ4v) is 2.98. The molecule has 0 spiro atoms. The molecule has 0 radical (unpaired) electrons. The molecule has 0 bridgehead atoms. The number of nitrogens with one attached hydrogen (secondary N) is 1. The average Bonchev–Trinajstić information content (AvgIpc) is 2.29. The van der Waals surface area contributed by atoms with E-state index < -0.39 is 0 Å². The zero-order chi connectivity index (χ0) is 10.5. The second-order valence-electron chi connectivity index (χ2n) is 3.81. The lowest BCUT2D eigenvalue weighted by molar-refractivity contribution is 0.677. The summed E-state index contributed by atoms with van der Waals surface area (Å²) in [7, 11) is 0. The zero-order valence-electron chi connectivity index (χ0n) is 8.78. The van der Waals surface area contributed by atoms with Crippen LogP contribution >= 0.6 is 11.8 Å². The highest BCUT2D eigenvalue weighted by atomic mass is 32.2. The van der Waals surface area contributed by atoms with Gasteiger partial charge in [-0.1, -0.05) is 6.42 Å². The highest BCUT2D eigenvalue weighted by Crippen LogP contribution is 2.25. The molecule has 1 atom stereocenters. The molecule has 1 saturated heterocycles. The number of aromatic nitrogens is 1. The van der Waals surface area contributed by atoms with Crippen LogP contribution in [0.5, 0.6) is 0 Å². The number of anilines is 2. The van der Waals surface area contributed by atoms with Gasteiger partial charge < -0.3 is 11.1 Å². The largest absolute Gasteiger partial charge is 0.396 e. The van der Waals surface area contributed by atoms with Gasteiger partial charge >= 0.3 is 0 Å². The molecular weight excluding hydrogens is 206 g/mol. The van der Waals surface area contributed by atoms with E-state index >= 15 is 0 Å². The Kier molecular flexibility index (Phi) is 3.72. The van der Waals surface area contributed by atoms with E-state index in [-0.39, 0.29) is 0 Å². The smallest absolute Gasteiger partial charge is 0.149 e. The Morgan fingerprint density at radius 3 is 3.20 bits per heavy atom. The van der Waals surface area contributed by atoms with Crippen LogP contribution in [0.2, 0.25) is 0 Å². The molecule has 15 heavy (non-hydrogen) atoms. The topological polar surface area (TPSA) is 50.9 Å². The fraction of sp³-hybridized carbons (Fsp3) is 0.545. The van der Waals surface area contributed by atoms with Crippen molar-refractivity contribution in [2.24, 2.45) is 0 Å². The van der Waals surface area contributed by atoms with Gasteiger partial charge in [-0.2, -0.15) is 11.8 Å². The van der Waals surface area contributed by atoms with Gasteiger partial charge in [0.2, 0.25) is 0 Å². The van der Waals surface area contributed by atoms with E-state index in [0.29, 0.717) is 0 Å². The van der Waals surface area contributed by atoms with E-state index in [1.165, 1.54) is 25.0 Å². The average molecular weight is 223 g/mol. The first-order valence-electron chi connectivity index (χ1n) is 5.42. The molecule has 0 aliphatic carbocycles. The van der Waals surface area contributed by atoms with Gasteiger partial charge in [-0.25, -0.2) is 4.98 Å². The van der Waals surface area contributed by atoms with Gasteiger partial charge in [-0.15, -0.1) is 0 Å². The van der Waals surface area contributed by atoms with Crippen LogP contribution in [0.25, 0.3) is 0 Å². The zero-order valence-corrected chi connectivity index (χ0v) is 9.59. The summed E-state index contributed by atoms with van der Waals surface area (Å²) < 4.78 is 0. The van der Waals surface area contributed by atoms with Crippen LogP contribution in [0, 0.1) is 0 Å². The molecule has 0 aromatic carbocycles. The monoisotopic (exact) mass is 223 g/mol. The summed E-state index contributed by atoms with van der Waals surface area (Å²) in [4.78, 5) is 4.22. The third-order valence-electron chi connectivity index (χ3n) is 2.61. The van der Waals surface area contributed by atoms with Gasteiger partial charge in [-0.3, -0.25) is 0 Å². The predicted molar refractivity (Wildman–Crippen MR) is 67.2 cm³/mol. The number of nitrogen functional groups attached to an aromatic ring is 1. The molecule has 4 heteroatoms. The molecular formula is C11H17N3S. The van der Waals surface area contributed by atoms with Crippen LogP contribution in [0.1, 0.15) is 19.3 Å². The first-order chi connectivity index (χ1) is 7.36. The first-order valence-corrected chi connectivity index (χ1v) is 6.47. The van der Waals surface area contributed by atoms with Crippen molar-refractivity contribution >= 4 is 23.3 Å². The summed E-state index contributed by atoms with van der Waals surface area (Å²) in [5, 5.41) is 4.05. The quantitative estimate of drug-likeness (QED) is 0.826. The summed E-state index contributed by atoms with van der Waals surface area (Å²) in [5.41, 5.74) is 6.54. The number of nitrogens with zero attached hydrogens (tertiary/aromatic N) is 1. The summed E-state index contributed by atoms with van der Waals surface area (Å²) >= 11 is 2.06. The van der Waals surface area contributed by atoms with Crippen molar-refractivity contribution in [2.45, 2.75) is 24.5 Å². The van der Waals surface area contributed by atoms with Crippen molar-refractivity contribution in [3.8, 4) is 0 Å². The maximum absolute atomic E-state index is 5.80. The standard InChI is InChI=1S/C11H17N3S/c12-10-5-3-6-13-11(10)14-8-9-4-1-2-7-15-9/h3,5-6,9H,1-2,4,7-8,12H2,(H,13,14). The minimum atomic E-state index is 0.722. The lowest BCUT2D eigenvalue weighted by Crippen LogP contribution is -2.20. The van der Waals surface area contributed by atoms with Crippen molar-refractivity contribution in [2.75, 3.05) is 23.3 Å². The third kappa shape index (κ3) is 3.02. The van der Waals surface area contributed by atoms with Crippen LogP contribution in [-0.2, 0) is 0 Å².